The lowest BCUT2D eigenvalue weighted by atomic mass is 9.97. The van der Waals surface area contributed by atoms with E-state index in [0.29, 0.717) is 42.1 Å². The van der Waals surface area contributed by atoms with Gasteiger partial charge in [0.05, 0.1) is 115 Å². The Hall–Kier alpha value is -8.19. The fraction of sp³-hybridized carbons (Fsp3) is 0.440. The normalized spacial score (nSPS) is 15.6. The largest absolute Gasteiger partial charge is 0.478 e. The van der Waals surface area contributed by atoms with Gasteiger partial charge >= 0.3 is 17.9 Å². The number of nitrogens with one attached hydrogen (secondary N) is 3. The molecule has 6 atom stereocenters. The maximum atomic E-state index is 12.9. The molecule has 9 rings (SSSR count). The van der Waals surface area contributed by atoms with Gasteiger partial charge in [-0.25, -0.2) is 14.4 Å². The quantitative estimate of drug-likeness (QED) is 0.0237. The van der Waals surface area contributed by atoms with Crippen molar-refractivity contribution in [1.29, 1.82) is 0 Å². The Labute approximate surface area is 570 Å². The van der Waals surface area contributed by atoms with Crippen LogP contribution in [-0.2, 0) is 81.7 Å². The lowest BCUT2D eigenvalue weighted by molar-refractivity contribution is -0.138. The number of hydrogen-bond donors (Lipinski definition) is 5. The van der Waals surface area contributed by atoms with Crippen LogP contribution in [0.1, 0.15) is 179 Å². The van der Waals surface area contributed by atoms with E-state index in [1.54, 1.807) is 69.3 Å². The minimum absolute atomic E-state index is 0.0120. The number of carbonyl (C=O) groups excluding carboxylic acids is 5. The zero-order chi connectivity index (χ0) is 70.9. The minimum Gasteiger partial charge on any atom is -0.478 e. The molecule has 3 aliphatic heterocycles. The van der Waals surface area contributed by atoms with Crippen molar-refractivity contribution >= 4 is 45.7 Å². The monoisotopic (exact) mass is 1360 g/mol. The average Bonchev–Trinajstić information content (AvgIpc) is 0.946. The van der Waals surface area contributed by atoms with E-state index in [4.69, 9.17) is 42.8 Å². The number of aliphatic hydroxyl groups excluding tert-OH is 1. The highest BCUT2D eigenvalue weighted by Crippen LogP contribution is 2.28. The standard InChI is InChI=1S/C25H31NO5.C24H29NO5.C16H23NO6S.C10H12O2/c1-16(2)23(31-13-18-5-7-20(8-6-18)22-14-30-15-22)24(27)26-17(3)19-9-11-21(12-10-19)25(28)29-4;1-15(2)22(30-12-17-4-6-19(7-5-17)21-13-29-14-21)23(26)25-16(3)18-8-10-20(11-9-18)24(27)28;1-10(2)14(23-24(5,20)21)15(18)17-11(3)12-6-8-13(9-7-12)16(19)22-4;11-5-8-1-3-9(4-2-8)10-6-12-7-10/h5-12,16-17,22-23H,13-15H2,1-4H3,(H,26,27);4-11,15-16,21-22H,12-14H2,1-3H3,(H,25,26)(H,27,28);6-11,14H,1-5H3,(H,17,18);1-4,10-11H,5-7H2/t17-,23?;16-,22?;11-,14?;/m000./s1. The van der Waals surface area contributed by atoms with Crippen LogP contribution in [0.15, 0.2) is 146 Å². The molecule has 97 heavy (non-hydrogen) atoms. The van der Waals surface area contributed by atoms with Gasteiger partial charge in [-0.05, 0) is 125 Å². The molecular weight excluding hydrogens is 1260 g/mol. The van der Waals surface area contributed by atoms with E-state index in [1.165, 1.54) is 43.0 Å². The van der Waals surface area contributed by atoms with E-state index in [1.807, 2.05) is 77.9 Å². The van der Waals surface area contributed by atoms with Crippen molar-refractivity contribution in [3.8, 4) is 0 Å². The fourth-order valence-corrected chi connectivity index (χ4v) is 10.9. The molecule has 0 spiro atoms. The van der Waals surface area contributed by atoms with Crippen LogP contribution in [0.2, 0.25) is 0 Å². The summed E-state index contributed by atoms with van der Waals surface area (Å²) in [5.41, 5.74) is 10.5. The number of benzene rings is 6. The average molecular weight is 1360 g/mol. The van der Waals surface area contributed by atoms with Crippen molar-refractivity contribution in [3.05, 3.63) is 212 Å². The smallest absolute Gasteiger partial charge is 0.337 e. The van der Waals surface area contributed by atoms with Crippen LogP contribution in [0.5, 0.6) is 0 Å². The summed E-state index contributed by atoms with van der Waals surface area (Å²) in [5.74, 6) is -1.35. The van der Waals surface area contributed by atoms with Crippen LogP contribution in [0, 0.1) is 17.8 Å². The molecule has 6 aromatic rings. The number of aromatic carboxylic acids is 1. The molecule has 0 aliphatic carbocycles. The first-order valence-electron chi connectivity index (χ1n) is 32.5. The first kappa shape index (κ1) is 77.8. The highest BCUT2D eigenvalue weighted by molar-refractivity contribution is 7.86. The van der Waals surface area contributed by atoms with Crippen LogP contribution in [0.4, 0.5) is 0 Å². The molecule has 3 unspecified atom stereocenters. The number of amides is 3. The zero-order valence-corrected chi connectivity index (χ0v) is 58.3. The summed E-state index contributed by atoms with van der Waals surface area (Å²) in [6, 6.07) is 43.9. The highest BCUT2D eigenvalue weighted by atomic mass is 32.2. The minimum atomic E-state index is -3.74. The van der Waals surface area contributed by atoms with Gasteiger partial charge in [-0.1, -0.05) is 151 Å². The molecule has 0 aromatic heterocycles. The van der Waals surface area contributed by atoms with E-state index in [2.05, 4.69) is 69.2 Å². The van der Waals surface area contributed by atoms with Crippen LogP contribution >= 0.6 is 0 Å². The molecule has 3 heterocycles. The summed E-state index contributed by atoms with van der Waals surface area (Å²) in [6.07, 6.45) is -1.33. The number of hydrogen-bond acceptors (Lipinski definition) is 17. The summed E-state index contributed by atoms with van der Waals surface area (Å²) in [4.78, 5) is 72.0. The molecule has 22 heteroatoms. The van der Waals surface area contributed by atoms with E-state index in [-0.39, 0.29) is 65.8 Å². The number of rotatable bonds is 27. The van der Waals surface area contributed by atoms with Gasteiger partial charge in [0.15, 0.2) is 6.10 Å². The molecule has 0 saturated carbocycles. The van der Waals surface area contributed by atoms with E-state index < -0.39 is 46.3 Å². The Balaban J connectivity index is 0.000000213. The Morgan fingerprint density at radius 1 is 0.433 bits per heavy atom. The molecule has 3 aliphatic rings. The number of carbonyl (C=O) groups is 6. The molecule has 6 aromatic carbocycles. The Morgan fingerprint density at radius 2 is 0.711 bits per heavy atom. The molecular formula is C75H95N3O18S. The summed E-state index contributed by atoms with van der Waals surface area (Å²) in [7, 11) is -1.10. The van der Waals surface area contributed by atoms with Gasteiger partial charge in [0.2, 0.25) is 11.8 Å². The first-order valence-corrected chi connectivity index (χ1v) is 34.3. The lowest BCUT2D eigenvalue weighted by Crippen LogP contribution is -2.41. The first-order chi connectivity index (χ1) is 46.2. The molecule has 524 valence electrons. The summed E-state index contributed by atoms with van der Waals surface area (Å²) < 4.78 is 64.3. The molecule has 3 fully saturated rings. The second-order valence-electron chi connectivity index (χ2n) is 25.3. The van der Waals surface area contributed by atoms with Gasteiger partial charge in [0.1, 0.15) is 12.2 Å². The number of aliphatic hydroxyl groups is 1. The van der Waals surface area contributed by atoms with Crippen molar-refractivity contribution < 1.29 is 84.7 Å². The molecule has 21 nitrogen and oxygen atoms in total. The highest BCUT2D eigenvalue weighted by Gasteiger charge is 2.30. The molecule has 3 amide bonds. The molecule has 0 radical (unpaired) electrons. The summed E-state index contributed by atoms with van der Waals surface area (Å²) in [5, 5.41) is 26.5. The van der Waals surface area contributed by atoms with Gasteiger partial charge in [-0.2, -0.15) is 8.42 Å². The second kappa shape index (κ2) is 38.1. The van der Waals surface area contributed by atoms with Crippen molar-refractivity contribution in [2.45, 2.75) is 136 Å². The van der Waals surface area contributed by atoms with Crippen molar-refractivity contribution in [3.63, 3.8) is 0 Å². The molecule has 3 saturated heterocycles. The van der Waals surface area contributed by atoms with Crippen LogP contribution < -0.4 is 16.0 Å². The van der Waals surface area contributed by atoms with Crippen LogP contribution in [0.25, 0.3) is 0 Å². The summed E-state index contributed by atoms with van der Waals surface area (Å²) in [6.45, 7) is 22.5. The second-order valence-corrected chi connectivity index (χ2v) is 26.9. The van der Waals surface area contributed by atoms with Gasteiger partial charge in [-0.15, -0.1) is 0 Å². The maximum Gasteiger partial charge on any atom is 0.337 e. The predicted molar refractivity (Wildman–Crippen MR) is 366 cm³/mol. The summed E-state index contributed by atoms with van der Waals surface area (Å²) >= 11 is 0. The van der Waals surface area contributed by atoms with Gasteiger partial charge in [-0.3, -0.25) is 18.6 Å². The topological polar surface area (TPSA) is 287 Å². The van der Waals surface area contributed by atoms with Gasteiger partial charge in [0, 0.05) is 17.8 Å². The van der Waals surface area contributed by atoms with E-state index >= 15 is 0 Å². The Morgan fingerprint density at radius 3 is 0.948 bits per heavy atom. The zero-order valence-electron chi connectivity index (χ0n) is 57.5. The van der Waals surface area contributed by atoms with Crippen molar-refractivity contribution in [2.75, 3.05) is 60.1 Å². The van der Waals surface area contributed by atoms with E-state index in [9.17, 15) is 37.2 Å². The van der Waals surface area contributed by atoms with E-state index in [0.717, 1.165) is 79.3 Å². The number of esters is 2. The predicted octanol–water partition coefficient (Wildman–Crippen LogP) is 10.9. The van der Waals surface area contributed by atoms with Gasteiger partial charge < -0.3 is 59.3 Å². The number of methoxy groups -OCH3 is 2. The van der Waals surface area contributed by atoms with Crippen LogP contribution in [0.3, 0.4) is 0 Å². The lowest BCUT2D eigenvalue weighted by Gasteiger charge is -2.26. The SMILES string of the molecule is CC(C)C(OCc1ccc(C2COC2)cc1)C(=O)N[C@@H](C)c1ccc(C(=O)O)cc1.COC(=O)c1ccc([C@H](C)NC(=O)C(OCc2ccc(C3COC3)cc2)C(C)C)cc1.COC(=O)c1ccc([C@H](C)NC(=O)C(OS(C)(=O)=O)C(C)C)cc1.OCc1ccc(C2COC2)cc1. The van der Waals surface area contributed by atoms with Crippen LogP contribution in [-0.4, -0.2) is 133 Å². The third-order valence-electron chi connectivity index (χ3n) is 16.6. The Bertz CT molecular complexity index is 3570. The van der Waals surface area contributed by atoms with Crippen molar-refractivity contribution in [2.24, 2.45) is 17.8 Å². The van der Waals surface area contributed by atoms with Crippen molar-refractivity contribution in [1.82, 2.24) is 16.0 Å². The third kappa shape index (κ3) is 24.4. The number of ether oxygens (including phenoxy) is 7. The Kier molecular flexibility index (Phi) is 30.6. The number of carboxylic acid groups (broad SMARTS) is 1. The van der Waals surface area contributed by atoms with Gasteiger partial charge in [0.25, 0.3) is 16.0 Å². The third-order valence-corrected chi connectivity index (χ3v) is 17.1. The molecule has 0 bridgehead atoms. The number of carboxylic acids is 1. The molecule has 5 N–H and O–H groups in total. The fourth-order valence-electron chi connectivity index (χ4n) is 10.2. The maximum absolute atomic E-state index is 12.9.